The van der Waals surface area contributed by atoms with Crippen LogP contribution in [0.5, 0.6) is 0 Å². The lowest BCUT2D eigenvalue weighted by Crippen LogP contribution is -2.48. The van der Waals surface area contributed by atoms with Crippen LogP contribution in [0.25, 0.3) is 0 Å². The molecule has 1 aromatic carbocycles. The Bertz CT molecular complexity index is 584. The lowest BCUT2D eigenvalue weighted by atomic mass is 9.70. The zero-order chi connectivity index (χ0) is 19.9. The first-order valence-corrected chi connectivity index (χ1v) is 10.2. The van der Waals surface area contributed by atoms with Crippen molar-refractivity contribution in [3.63, 3.8) is 0 Å². The van der Waals surface area contributed by atoms with Crippen LogP contribution in [-0.4, -0.2) is 53.0 Å². The first kappa shape index (κ1) is 22.1. The Kier molecular flexibility index (Phi) is 8.04. The molecule has 1 unspecified atom stereocenters. The normalized spacial score (nSPS) is 19.4. The van der Waals surface area contributed by atoms with E-state index in [9.17, 15) is 4.79 Å². The third-order valence-electron chi connectivity index (χ3n) is 6.17. The number of piperidine rings is 1. The predicted octanol–water partition coefficient (Wildman–Crippen LogP) is 2.36. The van der Waals surface area contributed by atoms with Gasteiger partial charge < -0.3 is 20.7 Å². The van der Waals surface area contributed by atoms with Crippen LogP contribution >= 0.6 is 0 Å². The smallest absolute Gasteiger partial charge is 0.427 e. The second-order valence-electron chi connectivity index (χ2n) is 8.48. The van der Waals surface area contributed by atoms with Gasteiger partial charge in [-0.05, 0) is 71.0 Å². The molecule has 2 rings (SSSR count). The molecule has 1 aromatic rings. The standard InChI is InChI=1S/C21H35BN2O3/c1-18(25)21(19-8-4-3-5-9-19)12-16-24(17-13-21)15-11-20(2,23)10-6-7-14-22(26)27/h3-5,8-9,26-27H,6-7,10-17,23H2,1-2H3. The highest BCUT2D eigenvalue weighted by Crippen LogP contribution is 2.36. The van der Waals surface area contributed by atoms with Crippen molar-refractivity contribution in [3.8, 4) is 0 Å². The number of nitrogens with zero attached hydrogens (tertiary/aromatic N) is 1. The molecule has 6 heteroatoms. The summed E-state index contributed by atoms with van der Waals surface area (Å²) in [4.78, 5) is 14.9. The van der Waals surface area contributed by atoms with Crippen molar-refractivity contribution in [1.29, 1.82) is 0 Å². The summed E-state index contributed by atoms with van der Waals surface area (Å²) in [7, 11) is -1.21. The molecular formula is C21H35BN2O3. The van der Waals surface area contributed by atoms with Crippen molar-refractivity contribution >= 4 is 12.9 Å². The molecule has 0 radical (unpaired) electrons. The summed E-state index contributed by atoms with van der Waals surface area (Å²) in [6, 6.07) is 10.2. The van der Waals surface area contributed by atoms with E-state index in [0.717, 1.165) is 63.7 Å². The lowest BCUT2D eigenvalue weighted by Gasteiger charge is -2.41. The number of benzene rings is 1. The SMILES string of the molecule is CC(=O)C1(c2ccccc2)CCN(CCC(C)(N)CCCCB(O)O)CC1. The largest absolute Gasteiger partial charge is 0.451 e. The molecule has 27 heavy (non-hydrogen) atoms. The Hall–Kier alpha value is -1.21. The number of carbonyl (C=O) groups excluding carboxylic acids is 1. The lowest BCUT2D eigenvalue weighted by molar-refractivity contribution is -0.124. The van der Waals surface area contributed by atoms with E-state index in [-0.39, 0.29) is 16.7 Å². The number of hydrogen-bond acceptors (Lipinski definition) is 5. The van der Waals surface area contributed by atoms with Crippen LogP contribution in [0, 0.1) is 0 Å². The molecule has 1 heterocycles. The summed E-state index contributed by atoms with van der Waals surface area (Å²) in [6.45, 7) is 6.58. The zero-order valence-corrected chi connectivity index (χ0v) is 16.9. The Morgan fingerprint density at radius 1 is 1.19 bits per heavy atom. The highest BCUT2D eigenvalue weighted by Gasteiger charge is 2.40. The Labute approximate surface area is 164 Å². The molecule has 1 aliphatic rings. The summed E-state index contributed by atoms with van der Waals surface area (Å²) >= 11 is 0. The number of ketones is 1. The third kappa shape index (κ3) is 6.42. The molecule has 150 valence electrons. The number of hydrogen-bond donors (Lipinski definition) is 3. The second-order valence-corrected chi connectivity index (χ2v) is 8.48. The molecule has 0 aliphatic carbocycles. The van der Waals surface area contributed by atoms with Gasteiger partial charge in [-0.25, -0.2) is 0 Å². The van der Waals surface area contributed by atoms with Crippen LogP contribution in [-0.2, 0) is 10.2 Å². The van der Waals surface area contributed by atoms with Crippen LogP contribution < -0.4 is 5.73 Å². The van der Waals surface area contributed by atoms with Gasteiger partial charge >= 0.3 is 7.12 Å². The van der Waals surface area contributed by atoms with E-state index < -0.39 is 7.12 Å². The fourth-order valence-corrected chi connectivity index (χ4v) is 4.15. The molecule has 1 fully saturated rings. The molecule has 0 saturated carbocycles. The molecule has 5 nitrogen and oxygen atoms in total. The predicted molar refractivity (Wildman–Crippen MR) is 111 cm³/mol. The molecule has 0 aromatic heterocycles. The number of rotatable bonds is 10. The first-order valence-electron chi connectivity index (χ1n) is 10.2. The maximum Gasteiger partial charge on any atom is 0.451 e. The number of Topliss-reactive ketones (excluding diaryl/α,β-unsaturated/α-hetero) is 1. The van der Waals surface area contributed by atoms with Crippen LogP contribution in [0.2, 0.25) is 6.32 Å². The summed E-state index contributed by atoms with van der Waals surface area (Å²) in [5.74, 6) is 0.267. The Morgan fingerprint density at radius 3 is 2.37 bits per heavy atom. The van der Waals surface area contributed by atoms with E-state index in [0.29, 0.717) is 6.32 Å². The van der Waals surface area contributed by atoms with Crippen molar-refractivity contribution in [2.45, 2.75) is 69.6 Å². The average Bonchev–Trinajstić information content (AvgIpc) is 2.64. The van der Waals surface area contributed by atoms with Gasteiger partial charge in [-0.2, -0.15) is 0 Å². The monoisotopic (exact) mass is 374 g/mol. The van der Waals surface area contributed by atoms with Crippen molar-refractivity contribution in [2.24, 2.45) is 5.73 Å². The molecular weight excluding hydrogens is 339 g/mol. The molecule has 4 N–H and O–H groups in total. The number of likely N-dealkylation sites (tertiary alicyclic amines) is 1. The number of carbonyl (C=O) groups is 1. The van der Waals surface area contributed by atoms with E-state index in [1.54, 1.807) is 6.92 Å². The highest BCUT2D eigenvalue weighted by atomic mass is 16.4. The van der Waals surface area contributed by atoms with Gasteiger partial charge in [0.2, 0.25) is 0 Å². The minimum absolute atomic E-state index is 0.241. The maximum absolute atomic E-state index is 12.5. The fourth-order valence-electron chi connectivity index (χ4n) is 4.15. The van der Waals surface area contributed by atoms with E-state index >= 15 is 0 Å². The van der Waals surface area contributed by atoms with Gasteiger partial charge in [0.25, 0.3) is 0 Å². The van der Waals surface area contributed by atoms with Crippen molar-refractivity contribution < 1.29 is 14.8 Å². The minimum atomic E-state index is -1.21. The molecule has 1 atom stereocenters. The topological polar surface area (TPSA) is 86.8 Å². The Morgan fingerprint density at radius 2 is 1.81 bits per heavy atom. The van der Waals surface area contributed by atoms with Gasteiger partial charge in [-0.3, -0.25) is 4.79 Å². The van der Waals surface area contributed by atoms with Gasteiger partial charge in [0, 0.05) is 5.54 Å². The van der Waals surface area contributed by atoms with Crippen LogP contribution in [0.15, 0.2) is 30.3 Å². The third-order valence-corrected chi connectivity index (χ3v) is 6.17. The fraction of sp³-hybridized carbons (Fsp3) is 0.667. The quantitative estimate of drug-likeness (QED) is 0.432. The van der Waals surface area contributed by atoms with Crippen LogP contribution in [0.4, 0.5) is 0 Å². The molecule has 0 bridgehead atoms. The van der Waals surface area contributed by atoms with E-state index in [1.165, 1.54) is 0 Å². The summed E-state index contributed by atoms with van der Waals surface area (Å²) in [6.07, 6.45) is 5.62. The van der Waals surface area contributed by atoms with Gasteiger partial charge in [-0.15, -0.1) is 0 Å². The molecule has 0 spiro atoms. The Balaban J connectivity index is 1.82. The van der Waals surface area contributed by atoms with E-state index in [4.69, 9.17) is 15.8 Å². The minimum Gasteiger partial charge on any atom is -0.427 e. The first-order chi connectivity index (χ1) is 12.8. The summed E-state index contributed by atoms with van der Waals surface area (Å²) < 4.78 is 0. The van der Waals surface area contributed by atoms with Gasteiger partial charge in [0.15, 0.2) is 0 Å². The molecule has 1 aliphatic heterocycles. The second kappa shape index (κ2) is 9.83. The maximum atomic E-state index is 12.5. The summed E-state index contributed by atoms with van der Waals surface area (Å²) in [5, 5.41) is 17.8. The van der Waals surface area contributed by atoms with Crippen molar-refractivity contribution in [2.75, 3.05) is 19.6 Å². The van der Waals surface area contributed by atoms with Gasteiger partial charge in [0.05, 0.1) is 5.41 Å². The number of nitrogens with two attached hydrogens (primary N) is 1. The zero-order valence-electron chi connectivity index (χ0n) is 16.9. The van der Waals surface area contributed by atoms with Crippen LogP contribution in [0.3, 0.4) is 0 Å². The highest BCUT2D eigenvalue weighted by molar-refractivity contribution is 6.40. The van der Waals surface area contributed by atoms with Gasteiger partial charge in [-0.1, -0.05) is 43.2 Å². The molecule has 0 amide bonds. The van der Waals surface area contributed by atoms with Crippen molar-refractivity contribution in [3.05, 3.63) is 35.9 Å². The van der Waals surface area contributed by atoms with Crippen molar-refractivity contribution in [1.82, 2.24) is 4.90 Å². The number of unbranched alkanes of at least 4 members (excludes halogenated alkanes) is 1. The van der Waals surface area contributed by atoms with Gasteiger partial charge in [0.1, 0.15) is 5.78 Å². The summed E-state index contributed by atoms with van der Waals surface area (Å²) in [5.41, 5.74) is 7.00. The van der Waals surface area contributed by atoms with Crippen LogP contribution in [0.1, 0.15) is 57.9 Å². The average molecular weight is 374 g/mol. The van der Waals surface area contributed by atoms with E-state index in [1.807, 2.05) is 18.2 Å². The molecule has 1 saturated heterocycles. The van der Waals surface area contributed by atoms with E-state index in [2.05, 4.69) is 24.0 Å².